The maximum atomic E-state index is 13.7. The predicted molar refractivity (Wildman–Crippen MR) is 118 cm³/mol. The quantitative estimate of drug-likeness (QED) is 0.510. The summed E-state index contributed by atoms with van der Waals surface area (Å²) in [6.07, 6.45) is 2.67. The van der Waals surface area contributed by atoms with E-state index < -0.39 is 15.5 Å². The number of hydrogen-bond donors (Lipinski definition) is 3. The maximum Gasteiger partial charge on any atom is 0.146 e. The van der Waals surface area contributed by atoms with E-state index in [0.717, 1.165) is 10.9 Å². The molecular weight excluding hydrogens is 393 g/mol. The number of benzene rings is 2. The Kier molecular flexibility index (Phi) is 5.90. The van der Waals surface area contributed by atoms with Crippen LogP contribution < -0.4 is 20.5 Å². The van der Waals surface area contributed by atoms with E-state index in [1.54, 1.807) is 12.1 Å². The van der Waals surface area contributed by atoms with Gasteiger partial charge in [-0.05, 0) is 49.5 Å². The van der Waals surface area contributed by atoms with Crippen molar-refractivity contribution in [2.45, 2.75) is 20.0 Å². The molecule has 0 aliphatic rings. The van der Waals surface area contributed by atoms with Crippen LogP contribution in [0.2, 0.25) is 0 Å². The summed E-state index contributed by atoms with van der Waals surface area (Å²) in [5.74, 6) is 4.09. The fourth-order valence-electron chi connectivity index (χ4n) is 2.88. The van der Waals surface area contributed by atoms with Crippen molar-refractivity contribution >= 4 is 43.7 Å². The van der Waals surface area contributed by atoms with Crippen molar-refractivity contribution in [1.82, 2.24) is 9.97 Å². The van der Waals surface area contributed by atoms with Gasteiger partial charge in [-0.25, -0.2) is 18.6 Å². The Bertz CT molecular complexity index is 1150. The molecule has 1 aromatic heterocycles. The molecule has 3 aromatic rings. The number of ether oxygens (including phenoxy) is 1. The molecule has 2 aromatic carbocycles. The second-order valence-corrected chi connectivity index (χ2v) is 9.16. The summed E-state index contributed by atoms with van der Waals surface area (Å²) < 4.78 is 34.3. The second kappa shape index (κ2) is 8.22. The summed E-state index contributed by atoms with van der Waals surface area (Å²) in [6, 6.07) is 7.86. The lowest BCUT2D eigenvalue weighted by molar-refractivity contribution is 0.230. The normalized spacial score (nSPS) is 14.2. The van der Waals surface area contributed by atoms with E-state index in [2.05, 4.69) is 25.9 Å². The molecule has 0 bridgehead atoms. The van der Waals surface area contributed by atoms with Crippen LogP contribution >= 0.6 is 0 Å². The largest absolute Gasteiger partial charge is 0.487 e. The van der Waals surface area contributed by atoms with Gasteiger partial charge < -0.3 is 20.5 Å². The highest BCUT2D eigenvalue weighted by Gasteiger charge is 2.14. The minimum atomic E-state index is -2.42. The van der Waals surface area contributed by atoms with Gasteiger partial charge >= 0.3 is 0 Å². The molecule has 2 atom stereocenters. The molecule has 7 nitrogen and oxygen atoms in total. The first kappa shape index (κ1) is 20.8. The number of nitrogens with one attached hydrogen (secondary N) is 2. The molecule has 0 saturated heterocycles. The maximum absolute atomic E-state index is 13.7. The lowest BCUT2D eigenvalue weighted by atomic mass is 10.1. The van der Waals surface area contributed by atoms with Crippen LogP contribution in [-0.4, -0.2) is 39.0 Å². The molecule has 4 N–H and O–H groups in total. The zero-order valence-electron chi connectivity index (χ0n) is 16.5. The number of aryl methyl sites for hydroxylation is 1. The number of aromatic nitrogens is 2. The van der Waals surface area contributed by atoms with Gasteiger partial charge in [0.2, 0.25) is 0 Å². The molecular formula is C20H24FN5O2S. The number of nitrogens with zero attached hydrogens (tertiary/aromatic N) is 2. The zero-order valence-corrected chi connectivity index (χ0v) is 17.3. The predicted octanol–water partition coefficient (Wildman–Crippen LogP) is 3.22. The van der Waals surface area contributed by atoms with E-state index in [1.807, 2.05) is 19.9 Å². The van der Waals surface area contributed by atoms with Crippen LogP contribution in [0.25, 0.3) is 10.9 Å². The third-order valence-corrected chi connectivity index (χ3v) is 4.79. The average Bonchev–Trinajstić information content (AvgIpc) is 2.62. The molecule has 0 amide bonds. The van der Waals surface area contributed by atoms with Gasteiger partial charge in [-0.1, -0.05) is 0 Å². The third kappa shape index (κ3) is 5.12. The van der Waals surface area contributed by atoms with E-state index in [0.29, 0.717) is 35.0 Å². The Hall–Kier alpha value is -2.91. The number of hydrogen-bond acceptors (Lipinski definition) is 6. The van der Waals surface area contributed by atoms with Crippen molar-refractivity contribution < 1.29 is 13.3 Å². The van der Waals surface area contributed by atoms with Gasteiger partial charge in [-0.15, -0.1) is 0 Å². The minimum Gasteiger partial charge on any atom is -0.487 e. The van der Waals surface area contributed by atoms with Gasteiger partial charge in [0.05, 0.1) is 11.2 Å². The fraction of sp³-hybridized carbons (Fsp3) is 0.250. The van der Waals surface area contributed by atoms with Crippen LogP contribution in [0, 0.1) is 12.7 Å². The molecule has 3 rings (SSSR count). The van der Waals surface area contributed by atoms with Crippen molar-refractivity contribution in [2.75, 3.05) is 22.8 Å². The second-order valence-electron chi connectivity index (χ2n) is 6.95. The first-order valence-corrected chi connectivity index (χ1v) is 11.1. The number of anilines is 3. The molecule has 0 radical (unpaired) electrons. The van der Waals surface area contributed by atoms with Crippen molar-refractivity contribution in [3.63, 3.8) is 0 Å². The summed E-state index contributed by atoms with van der Waals surface area (Å²) in [6.45, 7) is 4.01. The highest BCUT2D eigenvalue weighted by molar-refractivity contribution is 8.00. The lowest BCUT2D eigenvalue weighted by Gasteiger charge is -2.18. The van der Waals surface area contributed by atoms with Crippen LogP contribution in [0.5, 0.6) is 5.75 Å². The smallest absolute Gasteiger partial charge is 0.146 e. The van der Waals surface area contributed by atoms with Gasteiger partial charge in [-0.3, -0.25) is 0 Å². The number of rotatable bonds is 7. The van der Waals surface area contributed by atoms with E-state index >= 15 is 0 Å². The van der Waals surface area contributed by atoms with Crippen molar-refractivity contribution in [3.05, 3.63) is 48.0 Å². The SMILES string of the molecule is C=S(C)(=O)Nc1cc(C)c2c(Nc3ccc(F)cc3OC(C)CN)ncnc2c1. The molecule has 0 spiro atoms. The van der Waals surface area contributed by atoms with Crippen molar-refractivity contribution in [3.8, 4) is 5.75 Å². The van der Waals surface area contributed by atoms with E-state index in [4.69, 9.17) is 10.5 Å². The molecule has 0 saturated carbocycles. The Morgan fingerprint density at radius 3 is 2.76 bits per heavy atom. The summed E-state index contributed by atoms with van der Waals surface area (Å²) in [7, 11) is -2.42. The monoisotopic (exact) mass is 417 g/mol. The third-order valence-electron chi connectivity index (χ3n) is 4.13. The highest BCUT2D eigenvalue weighted by atomic mass is 32.2. The lowest BCUT2D eigenvalue weighted by Crippen LogP contribution is -2.23. The number of nitrogens with two attached hydrogens (primary N) is 1. The van der Waals surface area contributed by atoms with Crippen LogP contribution in [0.4, 0.5) is 21.6 Å². The van der Waals surface area contributed by atoms with Crippen molar-refractivity contribution in [1.29, 1.82) is 0 Å². The minimum absolute atomic E-state index is 0.276. The van der Waals surface area contributed by atoms with Crippen LogP contribution in [-0.2, 0) is 9.71 Å². The summed E-state index contributed by atoms with van der Waals surface area (Å²) in [5.41, 5.74) is 8.37. The zero-order chi connectivity index (χ0) is 21.2. The molecule has 1 heterocycles. The van der Waals surface area contributed by atoms with E-state index in [1.165, 1.54) is 24.7 Å². The van der Waals surface area contributed by atoms with Gasteiger partial charge in [0.25, 0.3) is 0 Å². The fourth-order valence-corrected chi connectivity index (χ4v) is 3.50. The highest BCUT2D eigenvalue weighted by Crippen LogP contribution is 2.33. The molecule has 154 valence electrons. The standard InChI is InChI=1S/C20H24FN5O2S/c1-12-7-15(26-29(3,4)27)9-17-19(12)20(24-11-23-17)25-16-6-5-14(21)8-18(16)28-13(2)10-22/h5-9,11,13H,3,10,22H2,1-2,4H3,(H,26,27)(H,23,24,25). The Morgan fingerprint density at radius 1 is 1.31 bits per heavy atom. The molecule has 0 aliphatic heterocycles. The van der Waals surface area contributed by atoms with Gasteiger partial charge in [-0.2, -0.15) is 0 Å². The van der Waals surface area contributed by atoms with Crippen molar-refractivity contribution in [2.24, 2.45) is 5.73 Å². The van der Waals surface area contributed by atoms with Gasteiger partial charge in [0.1, 0.15) is 29.8 Å². The summed E-state index contributed by atoms with van der Waals surface area (Å²) in [5, 5.41) is 3.99. The number of fused-ring (bicyclic) bond motifs is 1. The average molecular weight is 418 g/mol. The summed E-state index contributed by atoms with van der Waals surface area (Å²) >= 11 is 0. The Morgan fingerprint density at radius 2 is 2.07 bits per heavy atom. The van der Waals surface area contributed by atoms with Crippen LogP contribution in [0.15, 0.2) is 36.7 Å². The molecule has 29 heavy (non-hydrogen) atoms. The van der Waals surface area contributed by atoms with Gasteiger partial charge in [0.15, 0.2) is 0 Å². The first-order chi connectivity index (χ1) is 13.7. The van der Waals surface area contributed by atoms with Crippen LogP contribution in [0.3, 0.4) is 0 Å². The van der Waals surface area contributed by atoms with E-state index in [9.17, 15) is 8.60 Å². The van der Waals surface area contributed by atoms with Crippen LogP contribution in [0.1, 0.15) is 12.5 Å². The first-order valence-electron chi connectivity index (χ1n) is 8.95. The molecule has 0 aliphatic carbocycles. The molecule has 2 unspecified atom stereocenters. The molecule has 0 fully saturated rings. The van der Waals surface area contributed by atoms with Gasteiger partial charge in [0, 0.05) is 39.6 Å². The number of halogens is 1. The Balaban J connectivity index is 2.03. The van der Waals surface area contributed by atoms with E-state index in [-0.39, 0.29) is 6.10 Å². The Labute approximate surface area is 169 Å². The summed E-state index contributed by atoms with van der Waals surface area (Å²) in [4.78, 5) is 8.67. The molecule has 9 heteroatoms. The topological polar surface area (TPSA) is 102 Å².